The van der Waals surface area contributed by atoms with Gasteiger partial charge in [-0.2, -0.15) is 5.10 Å². The zero-order chi connectivity index (χ0) is 17.1. The molecule has 4 rings (SSSR count). The molecule has 2 saturated heterocycles. The molecule has 9 heteroatoms. The first-order valence-corrected chi connectivity index (χ1v) is 8.88. The summed E-state index contributed by atoms with van der Waals surface area (Å²) < 4.78 is 1.94. The van der Waals surface area contributed by atoms with Crippen LogP contribution in [0.15, 0.2) is 30.7 Å². The smallest absolute Gasteiger partial charge is 0.274 e. The molecule has 2 fully saturated rings. The molecule has 0 radical (unpaired) electrons. The lowest BCUT2D eigenvalue weighted by Gasteiger charge is -2.34. The van der Waals surface area contributed by atoms with Crippen LogP contribution in [0, 0.1) is 0 Å². The second-order valence-electron chi connectivity index (χ2n) is 6.51. The van der Waals surface area contributed by atoms with Gasteiger partial charge in [0.15, 0.2) is 0 Å². The third kappa shape index (κ3) is 3.96. The molecule has 1 atom stereocenters. The Hall–Kier alpha value is -2.19. The molecular formula is C17H24ClN7O. The summed E-state index contributed by atoms with van der Waals surface area (Å²) in [6.45, 7) is 4.79. The monoisotopic (exact) mass is 377 g/mol. The van der Waals surface area contributed by atoms with Crippen LogP contribution in [0.25, 0.3) is 0 Å². The zero-order valence-electron chi connectivity index (χ0n) is 14.6. The number of nitrogens with one attached hydrogen (secondary N) is 1. The molecule has 0 bridgehead atoms. The zero-order valence-corrected chi connectivity index (χ0v) is 15.4. The summed E-state index contributed by atoms with van der Waals surface area (Å²) in [6.07, 6.45) is 7.67. The van der Waals surface area contributed by atoms with Crippen molar-refractivity contribution >= 4 is 24.3 Å². The van der Waals surface area contributed by atoms with E-state index in [1.165, 1.54) is 0 Å². The van der Waals surface area contributed by atoms with Crippen molar-refractivity contribution in [3.63, 3.8) is 0 Å². The second kappa shape index (κ2) is 8.46. The summed E-state index contributed by atoms with van der Waals surface area (Å²) in [5.74, 6) is 0.736. The molecule has 0 aromatic carbocycles. The van der Waals surface area contributed by atoms with Gasteiger partial charge in [-0.15, -0.1) is 12.4 Å². The average molecular weight is 378 g/mol. The van der Waals surface area contributed by atoms with Crippen LogP contribution >= 0.6 is 12.4 Å². The molecule has 140 valence electrons. The van der Waals surface area contributed by atoms with Crippen molar-refractivity contribution in [1.82, 2.24) is 30.0 Å². The quantitative estimate of drug-likeness (QED) is 0.859. The highest BCUT2D eigenvalue weighted by atomic mass is 35.5. The molecule has 0 saturated carbocycles. The highest BCUT2D eigenvalue weighted by Gasteiger charge is 2.25. The predicted octanol–water partition coefficient (Wildman–Crippen LogP) is 0.982. The van der Waals surface area contributed by atoms with Gasteiger partial charge in [-0.05, 0) is 31.5 Å². The fraction of sp³-hybridized carbons (Fsp3) is 0.529. The van der Waals surface area contributed by atoms with Gasteiger partial charge in [0.1, 0.15) is 5.69 Å². The normalized spacial score (nSPS) is 20.5. The first-order valence-electron chi connectivity index (χ1n) is 8.88. The largest absolute Gasteiger partial charge is 0.337 e. The number of anilines is 1. The molecule has 1 amide bonds. The lowest BCUT2D eigenvalue weighted by atomic mass is 10.1. The van der Waals surface area contributed by atoms with E-state index in [0.29, 0.717) is 24.8 Å². The molecule has 0 spiro atoms. The summed E-state index contributed by atoms with van der Waals surface area (Å²) in [4.78, 5) is 25.2. The number of carbonyl (C=O) groups excluding carboxylic acids is 1. The average Bonchev–Trinajstić information content (AvgIpc) is 3.19. The molecule has 26 heavy (non-hydrogen) atoms. The first-order chi connectivity index (χ1) is 12.3. The van der Waals surface area contributed by atoms with E-state index in [2.05, 4.69) is 25.3 Å². The Morgan fingerprint density at radius 1 is 1.15 bits per heavy atom. The van der Waals surface area contributed by atoms with Gasteiger partial charge in [0.25, 0.3) is 5.91 Å². The van der Waals surface area contributed by atoms with E-state index in [1.807, 2.05) is 21.8 Å². The standard InChI is InChI=1S/C17H23N7O.ClH/c25-16(15-4-8-24(21-15)14-3-1-5-18-13-14)22-9-11-23(12-10-22)17-19-6-2-7-20-17;/h2,4,6-8,14,18H,1,3,5,9-13H2;1H. The number of halogens is 1. The molecule has 0 aliphatic carbocycles. The third-order valence-corrected chi connectivity index (χ3v) is 4.87. The van der Waals surface area contributed by atoms with Gasteiger partial charge in [-0.3, -0.25) is 9.48 Å². The van der Waals surface area contributed by atoms with Crippen LogP contribution in [0.3, 0.4) is 0 Å². The second-order valence-corrected chi connectivity index (χ2v) is 6.51. The van der Waals surface area contributed by atoms with Gasteiger partial charge >= 0.3 is 0 Å². The number of nitrogens with zero attached hydrogens (tertiary/aromatic N) is 6. The minimum absolute atomic E-state index is 0. The van der Waals surface area contributed by atoms with Crippen molar-refractivity contribution in [2.45, 2.75) is 18.9 Å². The van der Waals surface area contributed by atoms with Crippen LogP contribution in [-0.4, -0.2) is 69.8 Å². The number of carbonyl (C=O) groups is 1. The number of piperidine rings is 1. The molecule has 4 heterocycles. The van der Waals surface area contributed by atoms with Gasteiger partial charge in [-0.25, -0.2) is 9.97 Å². The Morgan fingerprint density at radius 2 is 1.92 bits per heavy atom. The maximum atomic E-state index is 12.7. The first kappa shape index (κ1) is 18.6. The minimum Gasteiger partial charge on any atom is -0.337 e. The van der Waals surface area contributed by atoms with E-state index in [-0.39, 0.29) is 18.3 Å². The molecule has 2 aromatic heterocycles. The van der Waals surface area contributed by atoms with Crippen molar-refractivity contribution in [2.24, 2.45) is 0 Å². The summed E-state index contributed by atoms with van der Waals surface area (Å²) in [6, 6.07) is 3.99. The van der Waals surface area contributed by atoms with Gasteiger partial charge < -0.3 is 15.1 Å². The summed E-state index contributed by atoms with van der Waals surface area (Å²) in [7, 11) is 0. The van der Waals surface area contributed by atoms with Crippen LogP contribution in [0.2, 0.25) is 0 Å². The highest BCUT2D eigenvalue weighted by Crippen LogP contribution is 2.17. The van der Waals surface area contributed by atoms with Crippen molar-refractivity contribution in [3.8, 4) is 0 Å². The SMILES string of the molecule is Cl.O=C(c1ccn(C2CCCNC2)n1)N1CCN(c2ncccn2)CC1. The third-order valence-electron chi connectivity index (χ3n) is 4.87. The lowest BCUT2D eigenvalue weighted by Crippen LogP contribution is -2.49. The lowest BCUT2D eigenvalue weighted by molar-refractivity contribution is 0.0739. The van der Waals surface area contributed by atoms with Crippen LogP contribution in [0.1, 0.15) is 29.4 Å². The van der Waals surface area contributed by atoms with E-state index in [9.17, 15) is 4.79 Å². The Labute approximate surface area is 159 Å². The summed E-state index contributed by atoms with van der Waals surface area (Å²) in [5, 5.41) is 7.92. The van der Waals surface area contributed by atoms with Crippen LogP contribution in [0.5, 0.6) is 0 Å². The summed E-state index contributed by atoms with van der Waals surface area (Å²) in [5.41, 5.74) is 0.537. The molecule has 8 nitrogen and oxygen atoms in total. The van der Waals surface area contributed by atoms with Crippen molar-refractivity contribution < 1.29 is 4.79 Å². The number of hydrogen-bond acceptors (Lipinski definition) is 6. The van der Waals surface area contributed by atoms with E-state index in [1.54, 1.807) is 18.5 Å². The van der Waals surface area contributed by atoms with Crippen molar-refractivity contribution in [1.29, 1.82) is 0 Å². The molecule has 1 N–H and O–H groups in total. The van der Waals surface area contributed by atoms with E-state index in [0.717, 1.165) is 45.0 Å². The number of rotatable bonds is 3. The fourth-order valence-electron chi connectivity index (χ4n) is 3.44. The molecule has 2 aromatic rings. The van der Waals surface area contributed by atoms with Crippen LogP contribution in [0.4, 0.5) is 5.95 Å². The predicted molar refractivity (Wildman–Crippen MR) is 101 cm³/mol. The summed E-state index contributed by atoms with van der Waals surface area (Å²) >= 11 is 0. The molecule has 2 aliphatic rings. The van der Waals surface area contributed by atoms with Gasteiger partial charge in [0, 0.05) is 51.3 Å². The van der Waals surface area contributed by atoms with Gasteiger partial charge in [0.2, 0.25) is 5.95 Å². The number of amides is 1. The Bertz CT molecular complexity index is 709. The fourth-order valence-corrected chi connectivity index (χ4v) is 3.44. The van der Waals surface area contributed by atoms with Gasteiger partial charge in [0.05, 0.1) is 6.04 Å². The van der Waals surface area contributed by atoms with E-state index >= 15 is 0 Å². The number of hydrogen-bond donors (Lipinski definition) is 1. The van der Waals surface area contributed by atoms with Crippen molar-refractivity contribution in [2.75, 3.05) is 44.2 Å². The van der Waals surface area contributed by atoms with E-state index < -0.39 is 0 Å². The molecular weight excluding hydrogens is 354 g/mol. The van der Waals surface area contributed by atoms with Crippen molar-refractivity contribution in [3.05, 3.63) is 36.4 Å². The maximum Gasteiger partial charge on any atom is 0.274 e. The Kier molecular flexibility index (Phi) is 6.05. The topological polar surface area (TPSA) is 79.2 Å². The molecule has 2 aliphatic heterocycles. The maximum absolute atomic E-state index is 12.7. The van der Waals surface area contributed by atoms with E-state index in [4.69, 9.17) is 0 Å². The number of aromatic nitrogens is 4. The number of piperazine rings is 1. The van der Waals surface area contributed by atoms with Crippen LogP contribution in [-0.2, 0) is 0 Å². The Balaban J connectivity index is 0.00000196. The van der Waals surface area contributed by atoms with Crippen LogP contribution < -0.4 is 10.2 Å². The minimum atomic E-state index is 0. The highest BCUT2D eigenvalue weighted by molar-refractivity contribution is 5.92. The Morgan fingerprint density at radius 3 is 2.62 bits per heavy atom. The van der Waals surface area contributed by atoms with Gasteiger partial charge in [-0.1, -0.05) is 0 Å². The molecule has 1 unspecified atom stereocenters.